The quantitative estimate of drug-likeness (QED) is 0.0324. The van der Waals surface area contributed by atoms with Gasteiger partial charge in [0.1, 0.15) is 18.7 Å². The van der Waals surface area contributed by atoms with E-state index in [0.29, 0.717) is 56.8 Å². The second-order valence-electron chi connectivity index (χ2n) is 8.09. The zero-order valence-electron chi connectivity index (χ0n) is 20.6. The standard InChI is InChI=1S/C21H43N5O8.Fe/c1-17(27)25(33)15-7-3-5-13-23-19(29)10-12-21(31)26(34)16-8-4-6-14-22-18(28)9-11-20(30)24(2)32;/h10,12,17,20-21,27,30-34H,3-9,11,13-16H2,1-2H3,(H,22,28)(H,23,29);/b12-10-;. The van der Waals surface area contributed by atoms with Gasteiger partial charge < -0.3 is 41.6 Å². The van der Waals surface area contributed by atoms with Gasteiger partial charge in [-0.25, -0.2) is 0 Å². The van der Waals surface area contributed by atoms with E-state index in [1.165, 1.54) is 20.0 Å². The van der Waals surface area contributed by atoms with E-state index >= 15 is 0 Å². The number of hydroxylamine groups is 6. The second-order valence-corrected chi connectivity index (χ2v) is 8.09. The molecule has 0 saturated heterocycles. The molecule has 0 aliphatic rings. The van der Waals surface area contributed by atoms with E-state index in [2.05, 4.69) is 10.6 Å². The minimum Gasteiger partial charge on any atom is -0.377 e. The molecule has 0 bridgehead atoms. The van der Waals surface area contributed by atoms with Crippen molar-refractivity contribution >= 4 is 11.8 Å². The molecule has 208 valence electrons. The average Bonchev–Trinajstić information content (AvgIpc) is 2.79. The molecule has 0 rings (SSSR count). The first-order valence-electron chi connectivity index (χ1n) is 11.6. The first kappa shape index (κ1) is 36.0. The smallest absolute Gasteiger partial charge is 0.243 e. The van der Waals surface area contributed by atoms with E-state index in [9.17, 15) is 30.2 Å². The monoisotopic (exact) mass is 549 g/mol. The van der Waals surface area contributed by atoms with Crippen molar-refractivity contribution in [2.75, 3.05) is 33.2 Å². The maximum atomic E-state index is 11.8. The van der Waals surface area contributed by atoms with Crippen molar-refractivity contribution < 1.29 is 57.6 Å². The summed E-state index contributed by atoms with van der Waals surface area (Å²) in [5.74, 6) is -0.620. The third-order valence-electron chi connectivity index (χ3n) is 4.97. The maximum absolute atomic E-state index is 11.8. The number of unbranched alkanes of at least 4 members (excludes halogenated alkanes) is 4. The van der Waals surface area contributed by atoms with Crippen LogP contribution >= 0.6 is 0 Å². The van der Waals surface area contributed by atoms with Crippen LogP contribution in [0.4, 0.5) is 0 Å². The van der Waals surface area contributed by atoms with Crippen molar-refractivity contribution in [2.45, 2.75) is 77.0 Å². The van der Waals surface area contributed by atoms with E-state index < -0.39 is 24.6 Å². The number of hydrogen-bond donors (Lipinski definition) is 8. The van der Waals surface area contributed by atoms with Gasteiger partial charge in [-0.1, -0.05) is 12.8 Å². The van der Waals surface area contributed by atoms with E-state index in [-0.39, 0.29) is 42.4 Å². The van der Waals surface area contributed by atoms with Crippen LogP contribution in [0, 0.1) is 0 Å². The Morgan fingerprint density at radius 3 is 1.94 bits per heavy atom. The molecule has 13 nitrogen and oxygen atoms in total. The Kier molecular flexibility index (Phi) is 22.7. The van der Waals surface area contributed by atoms with Gasteiger partial charge in [-0.15, -0.1) is 0 Å². The summed E-state index contributed by atoms with van der Waals surface area (Å²) in [4.78, 5) is 23.4. The van der Waals surface area contributed by atoms with Gasteiger partial charge in [0.05, 0.1) is 0 Å². The fourth-order valence-electron chi connectivity index (χ4n) is 2.78. The van der Waals surface area contributed by atoms with Crippen molar-refractivity contribution in [3.63, 3.8) is 0 Å². The largest absolute Gasteiger partial charge is 0.377 e. The van der Waals surface area contributed by atoms with Crippen LogP contribution in [0.5, 0.6) is 0 Å². The van der Waals surface area contributed by atoms with Gasteiger partial charge in [-0.05, 0) is 45.1 Å². The predicted molar refractivity (Wildman–Crippen MR) is 122 cm³/mol. The van der Waals surface area contributed by atoms with Gasteiger partial charge in [0.25, 0.3) is 0 Å². The molecule has 3 atom stereocenters. The van der Waals surface area contributed by atoms with Crippen LogP contribution in [0.25, 0.3) is 0 Å². The second kappa shape index (κ2) is 22.1. The van der Waals surface area contributed by atoms with Gasteiger partial charge in [0, 0.05) is 62.8 Å². The van der Waals surface area contributed by atoms with Crippen LogP contribution in [0.1, 0.15) is 58.3 Å². The molecule has 0 spiro atoms. The number of amides is 2. The number of aliphatic hydroxyl groups is 3. The molecule has 0 aromatic heterocycles. The number of carbonyl (C=O) groups is 2. The number of aliphatic hydroxyl groups excluding tert-OH is 3. The molecule has 0 aromatic carbocycles. The summed E-state index contributed by atoms with van der Waals surface area (Å²) in [6.07, 6.45) is 3.29. The van der Waals surface area contributed by atoms with Gasteiger partial charge in [-0.3, -0.25) is 9.59 Å². The summed E-state index contributed by atoms with van der Waals surface area (Å²) in [7, 11) is 1.30. The summed E-state index contributed by atoms with van der Waals surface area (Å²) < 4.78 is 0. The van der Waals surface area contributed by atoms with Crippen molar-refractivity contribution in [3.05, 3.63) is 12.2 Å². The van der Waals surface area contributed by atoms with Crippen LogP contribution in [-0.2, 0) is 26.7 Å². The topological polar surface area (TPSA) is 189 Å². The van der Waals surface area contributed by atoms with E-state index in [1.807, 2.05) is 0 Å². The van der Waals surface area contributed by atoms with E-state index in [1.54, 1.807) is 0 Å². The Balaban J connectivity index is 0. The van der Waals surface area contributed by atoms with Crippen LogP contribution < -0.4 is 10.6 Å². The van der Waals surface area contributed by atoms with Crippen LogP contribution in [-0.4, -0.2) is 110 Å². The predicted octanol–water partition coefficient (Wildman–Crippen LogP) is -0.428. The minimum absolute atomic E-state index is 0. The van der Waals surface area contributed by atoms with Crippen LogP contribution in [0.2, 0.25) is 0 Å². The Morgan fingerprint density at radius 1 is 0.857 bits per heavy atom. The van der Waals surface area contributed by atoms with E-state index in [4.69, 9.17) is 10.3 Å². The fourth-order valence-corrected chi connectivity index (χ4v) is 2.78. The molecule has 14 heteroatoms. The molecule has 0 aromatic rings. The molecule has 0 saturated carbocycles. The van der Waals surface area contributed by atoms with Gasteiger partial charge in [0.15, 0.2) is 0 Å². The molecule has 0 aliphatic heterocycles. The van der Waals surface area contributed by atoms with Crippen LogP contribution in [0.3, 0.4) is 0 Å². The van der Waals surface area contributed by atoms with Crippen molar-refractivity contribution in [3.8, 4) is 0 Å². The summed E-state index contributed by atoms with van der Waals surface area (Å²) >= 11 is 0. The summed E-state index contributed by atoms with van der Waals surface area (Å²) in [6, 6.07) is 0. The number of hydrogen-bond acceptors (Lipinski definition) is 11. The Hall–Kier alpha value is -1.16. The molecule has 2 amide bonds. The normalized spacial score (nSPS) is 14.3. The number of nitrogens with one attached hydrogen (secondary N) is 2. The molecule has 35 heavy (non-hydrogen) atoms. The fraction of sp³-hybridized carbons (Fsp3) is 0.810. The summed E-state index contributed by atoms with van der Waals surface area (Å²) in [5.41, 5.74) is 0. The Morgan fingerprint density at radius 2 is 1.40 bits per heavy atom. The van der Waals surface area contributed by atoms with Crippen molar-refractivity contribution in [1.82, 2.24) is 25.8 Å². The van der Waals surface area contributed by atoms with Crippen LogP contribution in [0.15, 0.2) is 12.2 Å². The molecule has 8 N–H and O–H groups in total. The number of rotatable bonds is 20. The molecule has 0 aliphatic carbocycles. The zero-order chi connectivity index (χ0) is 25.9. The molecule has 3 unspecified atom stereocenters. The molecular weight excluding hydrogens is 506 g/mol. The Labute approximate surface area is 217 Å². The van der Waals surface area contributed by atoms with E-state index in [0.717, 1.165) is 22.6 Å². The third-order valence-corrected chi connectivity index (χ3v) is 4.97. The first-order chi connectivity index (χ1) is 16.0. The maximum Gasteiger partial charge on any atom is 0.243 e. The number of carbonyl (C=O) groups excluding carboxylic acids is 2. The minimum atomic E-state index is -1.32. The Bertz CT molecular complexity index is 586. The van der Waals surface area contributed by atoms with Gasteiger partial charge in [-0.2, -0.15) is 15.2 Å². The van der Waals surface area contributed by atoms with Gasteiger partial charge >= 0.3 is 0 Å². The molecule has 0 heterocycles. The zero-order valence-corrected chi connectivity index (χ0v) is 21.7. The average molecular weight is 549 g/mol. The number of nitrogens with zero attached hydrogens (tertiary/aromatic N) is 3. The molecular formula is C21H43FeN5O8. The first-order valence-corrected chi connectivity index (χ1v) is 11.6. The summed E-state index contributed by atoms with van der Waals surface area (Å²) in [5, 5.41) is 64.1. The third kappa shape index (κ3) is 20.7. The van der Waals surface area contributed by atoms with Crippen molar-refractivity contribution in [2.24, 2.45) is 0 Å². The molecule has 0 radical (unpaired) electrons. The SMILES string of the molecule is CC(O)N(O)CCCCCNC(=O)/C=C\C(O)N(O)CCCCCNC(=O)CCC(O)N(C)O.[Fe]. The molecule has 0 fully saturated rings. The summed E-state index contributed by atoms with van der Waals surface area (Å²) in [6.45, 7) is 2.86. The van der Waals surface area contributed by atoms with Gasteiger partial charge in [0.2, 0.25) is 11.8 Å². The van der Waals surface area contributed by atoms with Crippen molar-refractivity contribution in [1.29, 1.82) is 0 Å².